The lowest BCUT2D eigenvalue weighted by atomic mass is 10.1. The lowest BCUT2D eigenvalue weighted by Gasteiger charge is -2.23. The molecule has 0 unspecified atom stereocenters. The number of carbonyl (C=O) groups is 4. The van der Waals surface area contributed by atoms with Gasteiger partial charge >= 0.3 is 0 Å². The smallest absolute Gasteiger partial charge is 0.298 e. The zero-order valence-electron chi connectivity index (χ0n) is 35.8. The number of hydrogen-bond donors (Lipinski definition) is 3. The maximum absolute atomic E-state index is 13.9. The molecule has 20 nitrogen and oxygen atoms in total. The lowest BCUT2D eigenvalue weighted by molar-refractivity contribution is 0.0770. The zero-order chi connectivity index (χ0) is 44.2. The third-order valence-corrected chi connectivity index (χ3v) is 10.8. The third-order valence-electron chi connectivity index (χ3n) is 10.8. The number of nitrogens with two attached hydrogens (primary N) is 2. The van der Waals surface area contributed by atoms with Crippen molar-refractivity contribution in [2.75, 3.05) is 26.4 Å². The number of aryl methyl sites for hydroxylation is 6. The van der Waals surface area contributed by atoms with Crippen molar-refractivity contribution < 1.29 is 28.7 Å². The summed E-state index contributed by atoms with van der Waals surface area (Å²) >= 11 is 0. The number of ether oxygens (including phenoxy) is 2. The van der Waals surface area contributed by atoms with Crippen LogP contribution in [0.2, 0.25) is 0 Å². The van der Waals surface area contributed by atoms with Gasteiger partial charge in [-0.2, -0.15) is 20.2 Å². The zero-order valence-corrected chi connectivity index (χ0v) is 35.8. The van der Waals surface area contributed by atoms with Crippen molar-refractivity contribution in [2.24, 2.45) is 35.5 Å². The van der Waals surface area contributed by atoms with E-state index in [4.69, 9.17) is 20.9 Å². The topological polar surface area (TPSA) is 244 Å². The first-order valence-electron chi connectivity index (χ1n) is 20.5. The van der Waals surface area contributed by atoms with Gasteiger partial charge in [-0.25, -0.2) is 4.98 Å². The maximum Gasteiger partial charge on any atom is 0.298 e. The van der Waals surface area contributed by atoms with Gasteiger partial charge in [0.05, 0.1) is 28.0 Å². The summed E-state index contributed by atoms with van der Waals surface area (Å²) in [5.74, 6) is -1.90. The maximum atomic E-state index is 13.9. The molecule has 5 N–H and O–H groups in total. The lowest BCUT2D eigenvalue weighted by Crippen LogP contribution is -2.37. The van der Waals surface area contributed by atoms with E-state index in [0.29, 0.717) is 89.6 Å². The largest absolute Gasteiger partial charge is 0.490 e. The van der Waals surface area contributed by atoms with Crippen molar-refractivity contribution in [2.45, 2.75) is 72.8 Å². The van der Waals surface area contributed by atoms with E-state index in [9.17, 15) is 19.2 Å². The Bertz CT molecular complexity index is 2880. The van der Waals surface area contributed by atoms with Gasteiger partial charge in [-0.15, -0.1) is 0 Å². The van der Waals surface area contributed by atoms with E-state index in [0.717, 1.165) is 12.8 Å². The highest BCUT2D eigenvalue weighted by Gasteiger charge is 2.22. The molecule has 0 aliphatic carbocycles. The van der Waals surface area contributed by atoms with Gasteiger partial charge in [0.15, 0.2) is 5.65 Å². The van der Waals surface area contributed by atoms with Gasteiger partial charge in [-0.3, -0.25) is 33.1 Å². The molecule has 1 aliphatic rings. The fraction of sp³-hybridized carbons (Fsp3) is 0.405. The standard InChI is InChI=1S/C42H52N14O6/c1-7-55-32(19-25(3)49-55)39(59)47-41-51(5)30-21-27(36(43)57)23-34(62-18-13-45-29-11-16-61-17-12-29)35(30)53(41)14-9-10-15-54-38-31(22-28(24-46-38)37(44)58)52(6)42(54)48-40(60)33-20-26(4)50-56(33)8-2/h9-10,19-24,29,45H,7-8,11-18H2,1-6H3,(H2,43,57)(H2,44,58)/b10-9+,47-41?,48-42?. The number of rotatable bonds is 15. The van der Waals surface area contributed by atoms with Crippen LogP contribution in [0.1, 0.15) is 79.8 Å². The average Bonchev–Trinajstić information content (AvgIpc) is 3.99. The Morgan fingerprint density at radius 3 is 1.94 bits per heavy atom. The Labute approximate surface area is 356 Å². The highest BCUT2D eigenvalue weighted by Crippen LogP contribution is 2.28. The molecule has 7 rings (SSSR count). The Kier molecular flexibility index (Phi) is 12.8. The third kappa shape index (κ3) is 8.77. The molecule has 6 aromatic rings. The second-order valence-corrected chi connectivity index (χ2v) is 15.0. The van der Waals surface area contributed by atoms with Crippen molar-refractivity contribution in [3.8, 4) is 5.75 Å². The van der Waals surface area contributed by atoms with Crippen LogP contribution >= 0.6 is 0 Å². The molecule has 0 atom stereocenters. The van der Waals surface area contributed by atoms with Crippen molar-refractivity contribution in [3.63, 3.8) is 0 Å². The first-order chi connectivity index (χ1) is 29.8. The number of allylic oxidation sites excluding steroid dienone is 2. The van der Waals surface area contributed by atoms with E-state index < -0.39 is 23.6 Å². The SMILES string of the molecule is CCn1nc(C)cc1C(=O)N=c1n(C)c2cc(C(N)=O)cnc2n1C/C=C/Cn1c(=NC(=O)c2cc(C)nn2CC)n(C)c2cc(C(N)=O)cc(OCCNC3CCOCC3)c21. The van der Waals surface area contributed by atoms with E-state index >= 15 is 0 Å². The van der Waals surface area contributed by atoms with Gasteiger partial charge in [0.1, 0.15) is 29.3 Å². The van der Waals surface area contributed by atoms with Gasteiger partial charge < -0.3 is 40.0 Å². The van der Waals surface area contributed by atoms with Gasteiger partial charge in [0.2, 0.25) is 23.1 Å². The fourth-order valence-corrected chi connectivity index (χ4v) is 7.69. The highest BCUT2D eigenvalue weighted by atomic mass is 16.5. The molecule has 0 radical (unpaired) electrons. The van der Waals surface area contributed by atoms with Crippen LogP contribution in [0.5, 0.6) is 5.75 Å². The molecule has 6 heterocycles. The summed E-state index contributed by atoms with van der Waals surface area (Å²) in [5, 5.41) is 12.4. The molecule has 0 saturated carbocycles. The Morgan fingerprint density at radius 2 is 1.35 bits per heavy atom. The normalized spacial score (nSPS) is 14.2. The number of aromatic nitrogens is 9. The first-order valence-corrected chi connectivity index (χ1v) is 20.5. The molecule has 326 valence electrons. The number of primary amides is 2. The number of nitrogens with zero attached hydrogens (tertiary/aromatic N) is 11. The molecule has 1 saturated heterocycles. The minimum Gasteiger partial charge on any atom is -0.490 e. The number of amides is 4. The number of pyridine rings is 1. The van der Waals surface area contributed by atoms with Crippen molar-refractivity contribution >= 4 is 45.8 Å². The number of nitrogens with one attached hydrogen (secondary N) is 1. The predicted molar refractivity (Wildman–Crippen MR) is 228 cm³/mol. The van der Waals surface area contributed by atoms with Gasteiger partial charge in [-0.05, 0) is 70.9 Å². The minimum atomic E-state index is -0.646. The van der Waals surface area contributed by atoms with Gasteiger partial charge in [0.25, 0.3) is 11.8 Å². The molecule has 1 fully saturated rings. The van der Waals surface area contributed by atoms with Crippen LogP contribution in [0, 0.1) is 13.8 Å². The van der Waals surface area contributed by atoms with E-state index in [1.165, 1.54) is 6.20 Å². The summed E-state index contributed by atoms with van der Waals surface area (Å²) in [5.41, 5.74) is 16.6. The number of carbonyl (C=O) groups excluding carboxylic acids is 4. The molecule has 5 aromatic heterocycles. The van der Waals surface area contributed by atoms with Crippen LogP contribution in [-0.4, -0.2) is 98.8 Å². The van der Waals surface area contributed by atoms with Crippen molar-refractivity contribution in [1.82, 2.24) is 48.1 Å². The van der Waals surface area contributed by atoms with E-state index in [1.54, 1.807) is 74.4 Å². The minimum absolute atomic E-state index is 0.188. The quantitative estimate of drug-likeness (QED) is 0.1000. The molecular weight excluding hydrogens is 797 g/mol. The molecule has 4 amide bonds. The van der Waals surface area contributed by atoms with Crippen molar-refractivity contribution in [3.05, 3.63) is 93.8 Å². The number of imidazole rings is 2. The summed E-state index contributed by atoms with van der Waals surface area (Å²) in [7, 11) is 3.49. The molecule has 1 aromatic carbocycles. The second-order valence-electron chi connectivity index (χ2n) is 15.0. The van der Waals surface area contributed by atoms with Crippen LogP contribution in [0.3, 0.4) is 0 Å². The molecule has 1 aliphatic heterocycles. The molecular formula is C42H52N14O6. The Hall–Kier alpha value is -6.93. The Balaban J connectivity index is 1.31. The molecule has 20 heteroatoms. The highest BCUT2D eigenvalue weighted by molar-refractivity contribution is 5.99. The van der Waals surface area contributed by atoms with Gasteiger partial charge in [0, 0.05) is 77.8 Å². The van der Waals surface area contributed by atoms with Crippen LogP contribution in [0.4, 0.5) is 0 Å². The summed E-state index contributed by atoms with van der Waals surface area (Å²) in [6.45, 7) is 11.0. The summed E-state index contributed by atoms with van der Waals surface area (Å²) in [6, 6.07) is 8.56. The second kappa shape index (κ2) is 18.4. The summed E-state index contributed by atoms with van der Waals surface area (Å²) in [6.07, 6.45) is 6.94. The van der Waals surface area contributed by atoms with Gasteiger partial charge in [-0.1, -0.05) is 12.2 Å². The first kappa shape index (κ1) is 43.2. The van der Waals surface area contributed by atoms with E-state index in [2.05, 4.69) is 30.5 Å². The van der Waals surface area contributed by atoms with Crippen LogP contribution in [0.15, 0.2) is 58.7 Å². The molecule has 0 bridgehead atoms. The van der Waals surface area contributed by atoms with Crippen molar-refractivity contribution in [1.29, 1.82) is 0 Å². The number of hydrogen-bond acceptors (Lipinski definition) is 10. The van der Waals surface area contributed by atoms with Crippen LogP contribution < -0.4 is 32.8 Å². The van der Waals surface area contributed by atoms with E-state index in [-0.39, 0.29) is 42.1 Å². The summed E-state index contributed by atoms with van der Waals surface area (Å²) < 4.78 is 22.1. The molecule has 62 heavy (non-hydrogen) atoms. The molecule has 0 spiro atoms. The Morgan fingerprint density at radius 1 is 0.806 bits per heavy atom. The number of fused-ring (bicyclic) bond motifs is 2. The predicted octanol–water partition coefficient (Wildman–Crippen LogP) is 1.80. The average molecular weight is 849 g/mol. The van der Waals surface area contributed by atoms with E-state index in [1.807, 2.05) is 37.5 Å². The van der Waals surface area contributed by atoms with Crippen LogP contribution in [-0.2, 0) is 45.0 Å². The number of benzene rings is 1. The monoisotopic (exact) mass is 848 g/mol. The fourth-order valence-electron chi connectivity index (χ4n) is 7.69. The summed E-state index contributed by atoms with van der Waals surface area (Å²) in [4.78, 5) is 66.1. The van der Waals surface area contributed by atoms with Crippen LogP contribution in [0.25, 0.3) is 22.2 Å².